The van der Waals surface area contributed by atoms with Gasteiger partial charge in [-0.15, -0.1) is 0 Å². The molecule has 3 rings (SSSR count). The maximum atomic E-state index is 12.1. The zero-order valence-corrected chi connectivity index (χ0v) is 13.5. The van der Waals surface area contributed by atoms with Gasteiger partial charge in [0.25, 0.3) is 5.91 Å². The number of halogens is 1. The van der Waals surface area contributed by atoms with E-state index in [2.05, 4.69) is 20.5 Å². The minimum Gasteiger partial charge on any atom is -0.490 e. The van der Waals surface area contributed by atoms with Crippen LogP contribution in [-0.4, -0.2) is 34.2 Å². The van der Waals surface area contributed by atoms with Gasteiger partial charge in [0, 0.05) is 29.6 Å². The lowest BCUT2D eigenvalue weighted by atomic mass is 10.1. The van der Waals surface area contributed by atoms with Crippen LogP contribution in [0.5, 0.6) is 5.75 Å². The van der Waals surface area contributed by atoms with E-state index in [-0.39, 0.29) is 5.91 Å². The molecule has 7 heteroatoms. The Kier molecular flexibility index (Phi) is 5.08. The highest BCUT2D eigenvalue weighted by Gasteiger charge is 2.06. The molecule has 122 valence electrons. The van der Waals surface area contributed by atoms with E-state index in [1.54, 1.807) is 36.8 Å². The zero-order chi connectivity index (χ0) is 16.8. The molecule has 0 fully saturated rings. The van der Waals surface area contributed by atoms with E-state index in [0.29, 0.717) is 29.5 Å². The normalized spacial score (nSPS) is 10.4. The number of carbonyl (C=O) groups excluding carboxylic acids is 1. The number of aromatic nitrogens is 3. The zero-order valence-electron chi connectivity index (χ0n) is 12.7. The maximum absolute atomic E-state index is 12.1. The van der Waals surface area contributed by atoms with E-state index in [4.69, 9.17) is 16.3 Å². The lowest BCUT2D eigenvalue weighted by Gasteiger charge is -2.08. The summed E-state index contributed by atoms with van der Waals surface area (Å²) >= 11 is 5.82. The first-order valence-corrected chi connectivity index (χ1v) is 7.71. The van der Waals surface area contributed by atoms with Crippen LogP contribution in [0.4, 0.5) is 0 Å². The largest absolute Gasteiger partial charge is 0.490 e. The van der Waals surface area contributed by atoms with Gasteiger partial charge >= 0.3 is 0 Å². The third-order valence-corrected chi connectivity index (χ3v) is 3.52. The molecule has 0 spiro atoms. The number of hydrogen-bond donors (Lipinski definition) is 2. The maximum Gasteiger partial charge on any atom is 0.251 e. The number of amides is 1. The van der Waals surface area contributed by atoms with Gasteiger partial charge in [0.1, 0.15) is 12.4 Å². The third-order valence-electron chi connectivity index (χ3n) is 3.31. The van der Waals surface area contributed by atoms with Crippen molar-refractivity contribution in [1.29, 1.82) is 0 Å². The standard InChI is InChI=1S/C17H15ClN4O2/c18-15-7-16(11-19-10-15)24-6-5-20-17(23)13-3-1-12(2-4-13)14-8-21-22-9-14/h1-4,7-11H,5-6H2,(H,20,23)(H,21,22). The van der Waals surface area contributed by atoms with Gasteiger partial charge in [0.15, 0.2) is 0 Å². The van der Waals surface area contributed by atoms with Crippen molar-refractivity contribution < 1.29 is 9.53 Å². The quantitative estimate of drug-likeness (QED) is 0.675. The molecule has 0 radical (unpaired) electrons. The summed E-state index contributed by atoms with van der Waals surface area (Å²) in [6.45, 7) is 0.718. The van der Waals surface area contributed by atoms with E-state index in [0.717, 1.165) is 11.1 Å². The van der Waals surface area contributed by atoms with Gasteiger partial charge < -0.3 is 10.1 Å². The Morgan fingerprint density at radius 3 is 2.71 bits per heavy atom. The number of hydrogen-bond acceptors (Lipinski definition) is 4. The fourth-order valence-corrected chi connectivity index (χ4v) is 2.29. The number of nitrogens with zero attached hydrogens (tertiary/aromatic N) is 2. The molecule has 0 aliphatic carbocycles. The number of benzene rings is 1. The molecular weight excluding hydrogens is 328 g/mol. The van der Waals surface area contributed by atoms with Crippen LogP contribution < -0.4 is 10.1 Å². The Labute approximate surface area is 143 Å². The molecule has 2 aromatic heterocycles. The lowest BCUT2D eigenvalue weighted by Crippen LogP contribution is -2.28. The van der Waals surface area contributed by atoms with Crippen molar-refractivity contribution in [3.63, 3.8) is 0 Å². The molecular formula is C17H15ClN4O2. The van der Waals surface area contributed by atoms with Crippen molar-refractivity contribution in [2.24, 2.45) is 0 Å². The number of rotatable bonds is 6. The Morgan fingerprint density at radius 2 is 2.00 bits per heavy atom. The van der Waals surface area contributed by atoms with Crippen molar-refractivity contribution in [3.05, 3.63) is 65.7 Å². The fourth-order valence-electron chi connectivity index (χ4n) is 2.13. The van der Waals surface area contributed by atoms with Crippen molar-refractivity contribution in [2.45, 2.75) is 0 Å². The van der Waals surface area contributed by atoms with E-state index in [1.165, 1.54) is 6.20 Å². The van der Waals surface area contributed by atoms with Crippen LogP contribution >= 0.6 is 11.6 Å². The van der Waals surface area contributed by atoms with Gasteiger partial charge in [-0.1, -0.05) is 23.7 Å². The molecule has 2 N–H and O–H groups in total. The molecule has 0 atom stereocenters. The minimum absolute atomic E-state index is 0.151. The molecule has 0 aliphatic heterocycles. The summed E-state index contributed by atoms with van der Waals surface area (Å²) in [6.07, 6.45) is 6.64. The number of H-pyrrole nitrogens is 1. The second-order valence-electron chi connectivity index (χ2n) is 5.01. The summed E-state index contributed by atoms with van der Waals surface area (Å²) in [7, 11) is 0. The second kappa shape index (κ2) is 7.61. The SMILES string of the molecule is O=C(NCCOc1cncc(Cl)c1)c1ccc(-c2cn[nH]c2)cc1. The van der Waals surface area contributed by atoms with Gasteiger partial charge in [-0.05, 0) is 17.7 Å². The van der Waals surface area contributed by atoms with Crippen LogP contribution in [0.15, 0.2) is 55.1 Å². The minimum atomic E-state index is -0.151. The summed E-state index contributed by atoms with van der Waals surface area (Å²) < 4.78 is 5.47. The van der Waals surface area contributed by atoms with Gasteiger partial charge in [0.2, 0.25) is 0 Å². The van der Waals surface area contributed by atoms with Crippen molar-refractivity contribution >= 4 is 17.5 Å². The number of nitrogens with one attached hydrogen (secondary N) is 2. The van der Waals surface area contributed by atoms with Gasteiger partial charge in [0.05, 0.1) is 24.0 Å². The van der Waals surface area contributed by atoms with Crippen LogP contribution in [0.3, 0.4) is 0 Å². The van der Waals surface area contributed by atoms with E-state index in [9.17, 15) is 4.79 Å². The molecule has 0 saturated heterocycles. The highest BCUT2D eigenvalue weighted by Crippen LogP contribution is 2.18. The van der Waals surface area contributed by atoms with Crippen molar-refractivity contribution in [1.82, 2.24) is 20.5 Å². The fraction of sp³-hybridized carbons (Fsp3) is 0.118. The van der Waals surface area contributed by atoms with Gasteiger partial charge in [-0.3, -0.25) is 14.9 Å². The molecule has 1 aromatic carbocycles. The van der Waals surface area contributed by atoms with Crippen molar-refractivity contribution in [3.8, 4) is 16.9 Å². The smallest absolute Gasteiger partial charge is 0.251 e. The predicted octanol–water partition coefficient (Wildman–Crippen LogP) is 2.93. The first kappa shape index (κ1) is 16.0. The summed E-state index contributed by atoms with van der Waals surface area (Å²) in [6, 6.07) is 8.99. The Morgan fingerprint density at radius 1 is 1.17 bits per heavy atom. The highest BCUT2D eigenvalue weighted by molar-refractivity contribution is 6.30. The van der Waals surface area contributed by atoms with Gasteiger partial charge in [-0.25, -0.2) is 0 Å². The molecule has 0 aliphatic rings. The Bertz CT molecular complexity index is 804. The molecule has 3 aromatic rings. The average Bonchev–Trinajstić information content (AvgIpc) is 3.13. The molecule has 6 nitrogen and oxygen atoms in total. The lowest BCUT2D eigenvalue weighted by molar-refractivity contribution is 0.0947. The first-order valence-electron chi connectivity index (χ1n) is 7.33. The molecule has 2 heterocycles. The van der Waals surface area contributed by atoms with E-state index in [1.807, 2.05) is 12.1 Å². The molecule has 0 unspecified atom stereocenters. The monoisotopic (exact) mass is 342 g/mol. The number of carbonyl (C=O) groups is 1. The summed E-state index contributed by atoms with van der Waals surface area (Å²) in [4.78, 5) is 16.0. The Balaban J connectivity index is 1.48. The topological polar surface area (TPSA) is 79.9 Å². The summed E-state index contributed by atoms with van der Waals surface area (Å²) in [5, 5.41) is 9.98. The van der Waals surface area contributed by atoms with Crippen LogP contribution in [0, 0.1) is 0 Å². The number of ether oxygens (including phenoxy) is 1. The van der Waals surface area contributed by atoms with Gasteiger partial charge in [-0.2, -0.15) is 5.10 Å². The first-order chi connectivity index (χ1) is 11.7. The summed E-state index contributed by atoms with van der Waals surface area (Å²) in [5.41, 5.74) is 2.56. The van der Waals surface area contributed by atoms with Crippen LogP contribution in [0.25, 0.3) is 11.1 Å². The Hall–Kier alpha value is -2.86. The molecule has 0 saturated carbocycles. The van der Waals surface area contributed by atoms with Crippen molar-refractivity contribution in [2.75, 3.05) is 13.2 Å². The molecule has 24 heavy (non-hydrogen) atoms. The molecule has 1 amide bonds. The molecule has 0 bridgehead atoms. The number of aromatic amines is 1. The van der Waals surface area contributed by atoms with Crippen LogP contribution in [0.1, 0.15) is 10.4 Å². The third kappa shape index (κ3) is 4.11. The van der Waals surface area contributed by atoms with Crippen LogP contribution in [0.2, 0.25) is 5.02 Å². The predicted molar refractivity (Wildman–Crippen MR) is 91.1 cm³/mol. The summed E-state index contributed by atoms with van der Waals surface area (Å²) in [5.74, 6) is 0.419. The van der Waals surface area contributed by atoms with E-state index >= 15 is 0 Å². The highest BCUT2D eigenvalue weighted by atomic mass is 35.5. The second-order valence-corrected chi connectivity index (χ2v) is 5.44. The number of pyridine rings is 1. The van der Waals surface area contributed by atoms with E-state index < -0.39 is 0 Å². The average molecular weight is 343 g/mol. The van der Waals surface area contributed by atoms with Crippen LogP contribution in [-0.2, 0) is 0 Å².